The highest BCUT2D eigenvalue weighted by Crippen LogP contribution is 2.10. The summed E-state index contributed by atoms with van der Waals surface area (Å²) in [7, 11) is 0. The van der Waals surface area contributed by atoms with Crippen LogP contribution < -0.4 is 16.4 Å². The summed E-state index contributed by atoms with van der Waals surface area (Å²) in [5, 5.41) is 6.59. The van der Waals surface area contributed by atoms with Crippen molar-refractivity contribution in [2.45, 2.75) is 32.9 Å². The number of nitrogens with two attached hydrogens (primary N) is 1. The van der Waals surface area contributed by atoms with Gasteiger partial charge in [0.15, 0.2) is 5.96 Å². The van der Waals surface area contributed by atoms with Crippen molar-refractivity contribution >= 4 is 17.6 Å². The minimum Gasteiger partial charge on any atom is -0.369 e. The lowest BCUT2D eigenvalue weighted by Crippen LogP contribution is -2.36. The van der Waals surface area contributed by atoms with Crippen molar-refractivity contribution in [2.75, 3.05) is 5.32 Å². The summed E-state index contributed by atoms with van der Waals surface area (Å²) in [6.45, 7) is 4.73. The molecule has 0 unspecified atom stereocenters. The van der Waals surface area contributed by atoms with Crippen LogP contribution in [0.2, 0.25) is 0 Å². The van der Waals surface area contributed by atoms with E-state index >= 15 is 0 Å². The molecule has 0 aliphatic carbocycles. The number of aliphatic imine (C=N–C) groups is 1. The van der Waals surface area contributed by atoms with Gasteiger partial charge >= 0.3 is 0 Å². The first-order valence-corrected chi connectivity index (χ1v) is 8.02. The first kappa shape index (κ1) is 17.5. The number of nitrogens with one attached hydrogen (secondary N) is 2. The number of rotatable bonds is 6. The zero-order valence-corrected chi connectivity index (χ0v) is 14.1. The number of anilines is 1. The highest BCUT2D eigenvalue weighted by Gasteiger charge is 2.04. The Kier molecular flexibility index (Phi) is 6.37. The average molecular weight is 324 g/mol. The molecular formula is C19H24N4O. The number of carbonyl (C=O) groups excluding carboxylic acids is 1. The molecule has 0 saturated carbocycles. The molecule has 1 amide bonds. The standard InChI is InChI=1S/C19H24N4O/c1-14(2)22-19(21-13-16-6-4-3-5-7-16)23-17-10-8-15(9-11-17)12-18(20)24/h3-11,14H,12-13H2,1-2H3,(H2,20,24)(H2,21,22,23). The second-order valence-electron chi connectivity index (χ2n) is 5.91. The van der Waals surface area contributed by atoms with Crippen molar-refractivity contribution in [2.24, 2.45) is 10.7 Å². The lowest BCUT2D eigenvalue weighted by molar-refractivity contribution is -0.117. The Morgan fingerprint density at radius 3 is 2.29 bits per heavy atom. The lowest BCUT2D eigenvalue weighted by atomic mass is 10.1. The van der Waals surface area contributed by atoms with Gasteiger partial charge < -0.3 is 16.4 Å². The van der Waals surface area contributed by atoms with Crippen LogP contribution in [0.3, 0.4) is 0 Å². The minimum absolute atomic E-state index is 0.249. The molecule has 2 aromatic carbocycles. The Labute approximate surface area is 143 Å². The van der Waals surface area contributed by atoms with Crippen LogP contribution in [-0.2, 0) is 17.8 Å². The van der Waals surface area contributed by atoms with Crippen molar-refractivity contribution in [1.82, 2.24) is 5.32 Å². The minimum atomic E-state index is -0.331. The first-order valence-electron chi connectivity index (χ1n) is 8.02. The number of hydrogen-bond acceptors (Lipinski definition) is 2. The van der Waals surface area contributed by atoms with E-state index in [2.05, 4.69) is 41.6 Å². The topological polar surface area (TPSA) is 79.5 Å². The molecule has 0 fully saturated rings. The fraction of sp³-hybridized carbons (Fsp3) is 0.263. The van der Waals surface area contributed by atoms with Crippen LogP contribution in [0.4, 0.5) is 5.69 Å². The maximum Gasteiger partial charge on any atom is 0.221 e. The third-order valence-electron chi connectivity index (χ3n) is 3.28. The van der Waals surface area contributed by atoms with Gasteiger partial charge in [-0.25, -0.2) is 4.99 Å². The van der Waals surface area contributed by atoms with Gasteiger partial charge in [0.25, 0.3) is 0 Å². The van der Waals surface area contributed by atoms with Crippen molar-refractivity contribution in [3.63, 3.8) is 0 Å². The largest absolute Gasteiger partial charge is 0.369 e. The van der Waals surface area contributed by atoms with Gasteiger partial charge in [0, 0.05) is 11.7 Å². The van der Waals surface area contributed by atoms with Gasteiger partial charge in [0.05, 0.1) is 13.0 Å². The molecule has 2 aromatic rings. The number of carbonyl (C=O) groups is 1. The molecule has 126 valence electrons. The second-order valence-corrected chi connectivity index (χ2v) is 5.91. The van der Waals surface area contributed by atoms with Gasteiger partial charge in [-0.15, -0.1) is 0 Å². The molecule has 0 aliphatic heterocycles. The molecule has 2 rings (SSSR count). The molecular weight excluding hydrogens is 300 g/mol. The van der Waals surface area contributed by atoms with Gasteiger partial charge in [-0.1, -0.05) is 42.5 Å². The first-order chi connectivity index (χ1) is 11.5. The Bertz CT molecular complexity index is 678. The third-order valence-corrected chi connectivity index (χ3v) is 3.28. The Hall–Kier alpha value is -2.82. The van der Waals surface area contributed by atoms with E-state index < -0.39 is 0 Å². The normalized spacial score (nSPS) is 11.4. The van der Waals surface area contributed by atoms with E-state index in [9.17, 15) is 4.79 Å². The van der Waals surface area contributed by atoms with E-state index in [4.69, 9.17) is 5.73 Å². The van der Waals surface area contributed by atoms with Gasteiger partial charge in [0.2, 0.25) is 5.91 Å². The highest BCUT2D eigenvalue weighted by molar-refractivity contribution is 5.93. The predicted molar refractivity (Wildman–Crippen MR) is 98.8 cm³/mol. The summed E-state index contributed by atoms with van der Waals surface area (Å²) in [5.74, 6) is 0.388. The maximum atomic E-state index is 11.0. The SMILES string of the molecule is CC(C)NC(=NCc1ccccc1)Nc1ccc(CC(N)=O)cc1. The van der Waals surface area contributed by atoms with Gasteiger partial charge in [-0.3, -0.25) is 4.79 Å². The summed E-state index contributed by atoms with van der Waals surface area (Å²) in [6, 6.07) is 18.0. The molecule has 0 saturated heterocycles. The maximum absolute atomic E-state index is 11.0. The number of nitrogens with zero attached hydrogens (tertiary/aromatic N) is 1. The molecule has 0 atom stereocenters. The van der Waals surface area contributed by atoms with Crippen LogP contribution in [0.15, 0.2) is 59.6 Å². The van der Waals surface area contributed by atoms with Gasteiger partial charge in [-0.2, -0.15) is 0 Å². The van der Waals surface area contributed by atoms with Crippen molar-refractivity contribution < 1.29 is 4.79 Å². The Morgan fingerprint density at radius 1 is 1.04 bits per heavy atom. The summed E-state index contributed by atoms with van der Waals surface area (Å²) in [4.78, 5) is 15.6. The predicted octanol–water partition coefficient (Wildman–Crippen LogP) is 2.68. The molecule has 0 aliphatic rings. The van der Waals surface area contributed by atoms with Crippen LogP contribution in [0, 0.1) is 0 Å². The average Bonchev–Trinajstić information content (AvgIpc) is 2.54. The molecule has 0 spiro atoms. The molecule has 0 radical (unpaired) electrons. The van der Waals surface area contributed by atoms with E-state index in [-0.39, 0.29) is 18.4 Å². The van der Waals surface area contributed by atoms with Gasteiger partial charge in [0.1, 0.15) is 0 Å². The number of primary amides is 1. The van der Waals surface area contributed by atoms with Gasteiger partial charge in [-0.05, 0) is 37.1 Å². The quantitative estimate of drug-likeness (QED) is 0.564. The summed E-state index contributed by atoms with van der Waals surface area (Å²) in [5.41, 5.74) is 8.16. The van der Waals surface area contributed by atoms with E-state index in [0.717, 1.165) is 22.8 Å². The van der Waals surface area contributed by atoms with E-state index in [1.54, 1.807) is 0 Å². The van der Waals surface area contributed by atoms with Crippen LogP contribution in [0.25, 0.3) is 0 Å². The molecule has 24 heavy (non-hydrogen) atoms. The molecule has 5 heteroatoms. The third kappa shape index (κ3) is 6.12. The number of guanidine groups is 1. The zero-order chi connectivity index (χ0) is 17.4. The molecule has 0 bridgehead atoms. The number of amides is 1. The molecule has 4 N–H and O–H groups in total. The van der Waals surface area contributed by atoms with Crippen LogP contribution >= 0.6 is 0 Å². The zero-order valence-electron chi connectivity index (χ0n) is 14.1. The van der Waals surface area contributed by atoms with Crippen molar-refractivity contribution in [3.05, 3.63) is 65.7 Å². The van der Waals surface area contributed by atoms with E-state index in [1.165, 1.54) is 0 Å². The fourth-order valence-corrected chi connectivity index (χ4v) is 2.19. The Balaban J connectivity index is 2.06. The van der Waals surface area contributed by atoms with Crippen molar-refractivity contribution in [3.8, 4) is 0 Å². The number of benzene rings is 2. The highest BCUT2D eigenvalue weighted by atomic mass is 16.1. The molecule has 5 nitrogen and oxygen atoms in total. The molecule has 0 heterocycles. The summed E-state index contributed by atoms with van der Waals surface area (Å²) < 4.78 is 0. The van der Waals surface area contributed by atoms with Crippen LogP contribution in [0.1, 0.15) is 25.0 Å². The fourth-order valence-electron chi connectivity index (χ4n) is 2.19. The smallest absolute Gasteiger partial charge is 0.221 e. The second kappa shape index (κ2) is 8.72. The van der Waals surface area contributed by atoms with E-state index in [1.807, 2.05) is 42.5 Å². The summed E-state index contributed by atoms with van der Waals surface area (Å²) in [6.07, 6.45) is 0.249. The van der Waals surface area contributed by atoms with E-state index in [0.29, 0.717) is 6.54 Å². The van der Waals surface area contributed by atoms with Crippen molar-refractivity contribution in [1.29, 1.82) is 0 Å². The van der Waals surface area contributed by atoms with Crippen LogP contribution in [-0.4, -0.2) is 17.9 Å². The summed E-state index contributed by atoms with van der Waals surface area (Å²) >= 11 is 0. The Morgan fingerprint density at radius 2 is 1.71 bits per heavy atom. The molecule has 0 aromatic heterocycles. The van der Waals surface area contributed by atoms with Crippen LogP contribution in [0.5, 0.6) is 0 Å². The monoisotopic (exact) mass is 324 g/mol. The number of hydrogen-bond donors (Lipinski definition) is 3. The lowest BCUT2D eigenvalue weighted by Gasteiger charge is -2.15.